The molecule has 2 unspecified atom stereocenters. The van der Waals surface area contributed by atoms with Gasteiger partial charge in [0, 0.05) is 39.6 Å². The molecule has 3 rings (SSSR count). The summed E-state index contributed by atoms with van der Waals surface area (Å²) in [6, 6.07) is 8.15. The highest BCUT2D eigenvalue weighted by atomic mass is 16.5. The van der Waals surface area contributed by atoms with Gasteiger partial charge in [0.15, 0.2) is 0 Å². The predicted molar refractivity (Wildman–Crippen MR) is 109 cm³/mol. The van der Waals surface area contributed by atoms with E-state index in [1.165, 1.54) is 6.42 Å². The number of nitrogens with zero attached hydrogens (tertiary/aromatic N) is 2. The molecule has 6 nitrogen and oxygen atoms in total. The topological polar surface area (TPSA) is 61.9 Å². The molecule has 0 radical (unpaired) electrons. The van der Waals surface area contributed by atoms with Crippen LogP contribution in [-0.4, -0.2) is 68.5 Å². The largest absolute Gasteiger partial charge is 0.497 e. The number of rotatable bonds is 7. The number of likely N-dealkylation sites (tertiary alicyclic amines) is 1. The highest BCUT2D eigenvalue weighted by molar-refractivity contribution is 5.79. The van der Waals surface area contributed by atoms with Gasteiger partial charge in [-0.1, -0.05) is 12.1 Å². The van der Waals surface area contributed by atoms with Crippen molar-refractivity contribution in [2.75, 3.05) is 40.8 Å². The molecule has 6 heteroatoms. The first-order valence-electron chi connectivity index (χ1n) is 10.3. The molecule has 0 aromatic heterocycles. The van der Waals surface area contributed by atoms with Gasteiger partial charge in [-0.3, -0.25) is 9.59 Å². The van der Waals surface area contributed by atoms with E-state index in [0.717, 1.165) is 43.8 Å². The first-order valence-corrected chi connectivity index (χ1v) is 10.3. The van der Waals surface area contributed by atoms with Crippen molar-refractivity contribution >= 4 is 11.8 Å². The molecule has 2 fully saturated rings. The number of piperidine rings is 2. The van der Waals surface area contributed by atoms with Crippen molar-refractivity contribution in [1.29, 1.82) is 0 Å². The van der Waals surface area contributed by atoms with Crippen molar-refractivity contribution < 1.29 is 14.3 Å². The third-order valence-electron chi connectivity index (χ3n) is 6.08. The minimum absolute atomic E-state index is 0.189. The van der Waals surface area contributed by atoms with Gasteiger partial charge in [-0.25, -0.2) is 0 Å². The fourth-order valence-corrected chi connectivity index (χ4v) is 4.44. The average Bonchev–Trinajstić information content (AvgIpc) is 2.69. The molecule has 0 spiro atoms. The second-order valence-electron chi connectivity index (χ2n) is 8.38. The molecule has 1 N–H and O–H groups in total. The number of nitrogens with one attached hydrogen (secondary N) is 1. The van der Waals surface area contributed by atoms with E-state index in [2.05, 4.69) is 10.2 Å². The van der Waals surface area contributed by atoms with Crippen molar-refractivity contribution in [1.82, 2.24) is 15.1 Å². The molecule has 2 heterocycles. The molecule has 0 saturated carbocycles. The summed E-state index contributed by atoms with van der Waals surface area (Å²) in [4.78, 5) is 28.4. The zero-order valence-electron chi connectivity index (χ0n) is 17.3. The summed E-state index contributed by atoms with van der Waals surface area (Å²) in [6.45, 7) is 2.64. The number of ether oxygens (including phenoxy) is 1. The number of methoxy groups -OCH3 is 1. The highest BCUT2D eigenvalue weighted by Gasteiger charge is 2.37. The van der Waals surface area contributed by atoms with Gasteiger partial charge in [-0.15, -0.1) is 0 Å². The summed E-state index contributed by atoms with van der Waals surface area (Å²) in [5.41, 5.74) is 1.03. The lowest BCUT2D eigenvalue weighted by molar-refractivity contribution is -0.134. The molecular weight excluding hydrogens is 354 g/mol. The maximum Gasteiger partial charge on any atom is 0.227 e. The molecular formula is C22H33N3O3. The Bertz CT molecular complexity index is 674. The SMILES string of the molecule is COc1ccc(CC(=O)N2CC3CN[C@H](CCCC(=O)N(C)C)C(C3)C2)cc1. The number of carbonyl (C=O) groups excluding carboxylic acids is 2. The van der Waals surface area contributed by atoms with E-state index < -0.39 is 0 Å². The van der Waals surface area contributed by atoms with E-state index >= 15 is 0 Å². The van der Waals surface area contributed by atoms with Crippen LogP contribution < -0.4 is 10.1 Å². The van der Waals surface area contributed by atoms with Gasteiger partial charge in [-0.2, -0.15) is 0 Å². The number of carbonyl (C=O) groups is 2. The lowest BCUT2D eigenvalue weighted by Gasteiger charge is -2.46. The van der Waals surface area contributed by atoms with E-state index in [-0.39, 0.29) is 11.8 Å². The Morgan fingerprint density at radius 2 is 1.96 bits per heavy atom. The van der Waals surface area contributed by atoms with Crippen LogP contribution in [0, 0.1) is 11.8 Å². The summed E-state index contributed by atoms with van der Waals surface area (Å²) in [5.74, 6) is 2.24. The average molecular weight is 388 g/mol. The van der Waals surface area contributed by atoms with Crippen molar-refractivity contribution in [3.8, 4) is 5.75 Å². The molecule has 154 valence electrons. The van der Waals surface area contributed by atoms with Crippen molar-refractivity contribution in [2.45, 2.75) is 38.1 Å². The van der Waals surface area contributed by atoms with Crippen molar-refractivity contribution in [2.24, 2.45) is 11.8 Å². The molecule has 0 aliphatic carbocycles. The zero-order chi connectivity index (χ0) is 20.1. The Morgan fingerprint density at radius 3 is 2.64 bits per heavy atom. The summed E-state index contributed by atoms with van der Waals surface area (Å²) in [6.07, 6.45) is 4.12. The first-order chi connectivity index (χ1) is 13.5. The monoisotopic (exact) mass is 387 g/mol. The molecule has 2 saturated heterocycles. The van der Waals surface area contributed by atoms with Gasteiger partial charge in [0.25, 0.3) is 0 Å². The van der Waals surface area contributed by atoms with E-state index in [1.54, 1.807) is 26.1 Å². The third-order valence-corrected chi connectivity index (χ3v) is 6.08. The van der Waals surface area contributed by atoms with Gasteiger partial charge < -0.3 is 19.9 Å². The molecule has 2 aliphatic heterocycles. The molecule has 2 bridgehead atoms. The maximum absolute atomic E-state index is 12.9. The Kier molecular flexibility index (Phi) is 6.94. The lowest BCUT2D eigenvalue weighted by Crippen LogP contribution is -2.57. The Morgan fingerprint density at radius 1 is 1.21 bits per heavy atom. The van der Waals surface area contributed by atoms with Gasteiger partial charge in [0.05, 0.1) is 13.5 Å². The summed E-state index contributed by atoms with van der Waals surface area (Å²) < 4.78 is 5.19. The van der Waals surface area contributed by atoms with Crippen molar-refractivity contribution in [3.05, 3.63) is 29.8 Å². The van der Waals surface area contributed by atoms with Crippen LogP contribution in [0.2, 0.25) is 0 Å². The van der Waals surface area contributed by atoms with Crippen molar-refractivity contribution in [3.63, 3.8) is 0 Å². The van der Waals surface area contributed by atoms with Crippen LogP contribution in [0.4, 0.5) is 0 Å². The second kappa shape index (κ2) is 9.41. The summed E-state index contributed by atoms with van der Waals surface area (Å²) in [5, 5.41) is 3.67. The quantitative estimate of drug-likeness (QED) is 0.777. The Balaban J connectivity index is 1.52. The standard InChI is InChI=1S/C22H33N3O3/c1-24(2)21(26)6-4-5-20-18-11-17(13-23-20)14-25(15-18)22(27)12-16-7-9-19(28-3)10-8-16/h7-10,17-18,20,23H,4-6,11-15H2,1-3H3/t17?,18?,20-/m1/s1. The fourth-order valence-electron chi connectivity index (χ4n) is 4.44. The molecule has 3 atom stereocenters. The van der Waals surface area contributed by atoms with Gasteiger partial charge in [-0.05, 0) is 55.3 Å². The lowest BCUT2D eigenvalue weighted by atomic mass is 9.79. The van der Waals surface area contributed by atoms with E-state index in [0.29, 0.717) is 30.7 Å². The van der Waals surface area contributed by atoms with Gasteiger partial charge in [0.2, 0.25) is 11.8 Å². The third kappa shape index (κ3) is 5.25. The van der Waals surface area contributed by atoms with E-state index in [1.807, 2.05) is 24.3 Å². The van der Waals surface area contributed by atoms with Crippen LogP contribution in [0.5, 0.6) is 5.75 Å². The Labute approximate surface area is 168 Å². The normalized spacial score (nSPS) is 24.0. The smallest absolute Gasteiger partial charge is 0.227 e. The van der Waals surface area contributed by atoms with Crippen LogP contribution in [-0.2, 0) is 16.0 Å². The second-order valence-corrected chi connectivity index (χ2v) is 8.38. The predicted octanol–water partition coefficient (Wildman–Crippen LogP) is 1.93. The zero-order valence-corrected chi connectivity index (χ0v) is 17.3. The minimum atomic E-state index is 0.189. The Hall–Kier alpha value is -2.08. The molecule has 1 aromatic carbocycles. The van der Waals surface area contributed by atoms with Crippen LogP contribution in [0.3, 0.4) is 0 Å². The van der Waals surface area contributed by atoms with Crippen LogP contribution in [0.15, 0.2) is 24.3 Å². The van der Waals surface area contributed by atoms with Crippen LogP contribution in [0.25, 0.3) is 0 Å². The number of benzene rings is 1. The van der Waals surface area contributed by atoms with Crippen LogP contribution >= 0.6 is 0 Å². The van der Waals surface area contributed by atoms with Gasteiger partial charge in [0.1, 0.15) is 5.75 Å². The summed E-state index contributed by atoms with van der Waals surface area (Å²) >= 11 is 0. The molecule has 2 aliphatic rings. The number of amides is 2. The minimum Gasteiger partial charge on any atom is -0.497 e. The molecule has 2 amide bonds. The van der Waals surface area contributed by atoms with E-state index in [4.69, 9.17) is 4.74 Å². The number of hydrogen-bond donors (Lipinski definition) is 1. The highest BCUT2D eigenvalue weighted by Crippen LogP contribution is 2.30. The maximum atomic E-state index is 12.9. The van der Waals surface area contributed by atoms with Crippen LogP contribution in [0.1, 0.15) is 31.2 Å². The molecule has 28 heavy (non-hydrogen) atoms. The number of hydrogen-bond acceptors (Lipinski definition) is 4. The van der Waals surface area contributed by atoms with Gasteiger partial charge >= 0.3 is 0 Å². The summed E-state index contributed by atoms with van der Waals surface area (Å²) in [7, 11) is 5.26. The van der Waals surface area contributed by atoms with E-state index in [9.17, 15) is 9.59 Å². The first kappa shape index (κ1) is 20.6. The molecule has 1 aromatic rings. The fraction of sp³-hybridized carbons (Fsp3) is 0.636. The number of fused-ring (bicyclic) bond motifs is 2.